The molecule has 1 aromatic heterocycles. The van der Waals surface area contributed by atoms with Crippen molar-refractivity contribution in [2.45, 2.75) is 6.92 Å². The lowest BCUT2D eigenvalue weighted by Crippen LogP contribution is -2.03. The Hall–Kier alpha value is -1.97. The molecule has 0 bridgehead atoms. The Balaban J connectivity index is 2.18. The van der Waals surface area contributed by atoms with Gasteiger partial charge in [-0.3, -0.25) is 0 Å². The first kappa shape index (κ1) is 14.0. The lowest BCUT2D eigenvalue weighted by Gasteiger charge is -2.03. The lowest BCUT2D eigenvalue weighted by molar-refractivity contribution is 0.318. The van der Waals surface area contributed by atoms with Gasteiger partial charge < -0.3 is 9.62 Å². The van der Waals surface area contributed by atoms with Crippen LogP contribution in [0.25, 0.3) is 11.0 Å². The van der Waals surface area contributed by atoms with E-state index in [1.165, 1.54) is 0 Å². The Morgan fingerprint density at radius 2 is 1.71 bits per heavy atom. The molecule has 0 spiro atoms. The third-order valence-electron chi connectivity index (χ3n) is 3.33. The monoisotopic (exact) mass is 319 g/mol. The molecule has 3 aromatic rings. The fraction of sp³-hybridized carbons (Fsp3) is 0.0625. The van der Waals surface area contributed by atoms with E-state index in [2.05, 4.69) is 5.16 Å². The maximum atomic E-state index is 9.38. The highest BCUT2D eigenvalue weighted by atomic mass is 35.5. The van der Waals surface area contributed by atoms with Crippen LogP contribution in [0.1, 0.15) is 16.9 Å². The number of benzene rings is 2. The molecule has 0 fully saturated rings. The average molecular weight is 320 g/mol. The van der Waals surface area contributed by atoms with Crippen molar-refractivity contribution in [3.05, 3.63) is 69.4 Å². The van der Waals surface area contributed by atoms with Crippen LogP contribution in [0.2, 0.25) is 10.0 Å². The van der Waals surface area contributed by atoms with Gasteiger partial charge in [-0.1, -0.05) is 40.5 Å². The molecule has 5 heteroatoms. The average Bonchev–Trinajstić information content (AvgIpc) is 2.79. The lowest BCUT2D eigenvalue weighted by atomic mass is 10.0. The molecule has 0 radical (unpaired) electrons. The summed E-state index contributed by atoms with van der Waals surface area (Å²) in [5.41, 5.74) is 2.64. The van der Waals surface area contributed by atoms with Crippen molar-refractivity contribution in [3.8, 4) is 0 Å². The SMILES string of the molecule is Cc1c(/C(=N/O)c2ccc(Cl)cc2)oc2ccc(Cl)cc12. The van der Waals surface area contributed by atoms with E-state index in [0.717, 1.165) is 16.5 Å². The normalized spacial score (nSPS) is 12.0. The quantitative estimate of drug-likeness (QED) is 0.397. The first-order chi connectivity index (χ1) is 10.1. The van der Waals surface area contributed by atoms with Crippen LogP contribution in [0.5, 0.6) is 0 Å². The summed E-state index contributed by atoms with van der Waals surface area (Å²) in [6, 6.07) is 12.4. The minimum Gasteiger partial charge on any atom is -0.454 e. The highest BCUT2D eigenvalue weighted by Gasteiger charge is 2.18. The second-order valence-corrected chi connectivity index (χ2v) is 5.53. The van der Waals surface area contributed by atoms with Crippen LogP contribution in [-0.2, 0) is 0 Å². The van der Waals surface area contributed by atoms with Gasteiger partial charge in [0.25, 0.3) is 0 Å². The number of rotatable bonds is 2. The Morgan fingerprint density at radius 3 is 2.38 bits per heavy atom. The molecule has 2 aromatic carbocycles. The topological polar surface area (TPSA) is 45.7 Å². The standard InChI is InChI=1S/C16H11Cl2NO2/c1-9-13-8-12(18)6-7-14(13)21-16(9)15(19-20)10-2-4-11(17)5-3-10/h2-8,20H,1H3/b19-15+. The van der Waals surface area contributed by atoms with E-state index in [4.69, 9.17) is 27.6 Å². The van der Waals surface area contributed by atoms with Crippen LogP contribution in [0, 0.1) is 6.92 Å². The number of aryl methyl sites for hydroxylation is 1. The van der Waals surface area contributed by atoms with Crippen LogP contribution in [-0.4, -0.2) is 10.9 Å². The summed E-state index contributed by atoms with van der Waals surface area (Å²) in [7, 11) is 0. The van der Waals surface area contributed by atoms with Crippen LogP contribution in [0.3, 0.4) is 0 Å². The zero-order valence-electron chi connectivity index (χ0n) is 11.1. The van der Waals surface area contributed by atoms with Gasteiger partial charge in [0.2, 0.25) is 0 Å². The van der Waals surface area contributed by atoms with Crippen LogP contribution in [0.4, 0.5) is 0 Å². The molecule has 0 aliphatic carbocycles. The van der Waals surface area contributed by atoms with E-state index >= 15 is 0 Å². The summed E-state index contributed by atoms with van der Waals surface area (Å²) in [6.07, 6.45) is 0. The van der Waals surface area contributed by atoms with E-state index < -0.39 is 0 Å². The van der Waals surface area contributed by atoms with Crippen molar-refractivity contribution in [2.75, 3.05) is 0 Å². The Labute approximate surface area is 131 Å². The number of oxime groups is 1. The Bertz CT molecular complexity index is 835. The van der Waals surface area contributed by atoms with Crippen molar-refractivity contribution in [1.82, 2.24) is 0 Å². The van der Waals surface area contributed by atoms with Crippen LogP contribution < -0.4 is 0 Å². The van der Waals surface area contributed by atoms with Gasteiger partial charge in [0, 0.05) is 26.6 Å². The van der Waals surface area contributed by atoms with Crippen LogP contribution in [0.15, 0.2) is 52.0 Å². The summed E-state index contributed by atoms with van der Waals surface area (Å²) in [6.45, 7) is 1.90. The van der Waals surface area contributed by atoms with E-state index in [0.29, 0.717) is 27.1 Å². The van der Waals surface area contributed by atoms with Gasteiger partial charge in [-0.25, -0.2) is 0 Å². The third kappa shape index (κ3) is 2.50. The summed E-state index contributed by atoms with van der Waals surface area (Å²) in [5.74, 6) is 0.511. The molecule has 0 unspecified atom stereocenters. The summed E-state index contributed by atoms with van der Waals surface area (Å²) in [5, 5.41) is 14.9. The van der Waals surface area contributed by atoms with Gasteiger partial charge in [-0.2, -0.15) is 0 Å². The molecule has 21 heavy (non-hydrogen) atoms. The third-order valence-corrected chi connectivity index (χ3v) is 3.82. The van der Waals surface area contributed by atoms with E-state index in [1.807, 2.05) is 13.0 Å². The molecule has 1 heterocycles. The Kier molecular flexibility index (Phi) is 3.62. The molecular formula is C16H11Cl2NO2. The Morgan fingerprint density at radius 1 is 1.05 bits per heavy atom. The maximum Gasteiger partial charge on any atom is 0.160 e. The van der Waals surface area contributed by atoms with Gasteiger partial charge in [0.1, 0.15) is 5.58 Å². The fourth-order valence-electron chi connectivity index (χ4n) is 2.26. The molecule has 0 amide bonds. The number of fused-ring (bicyclic) bond motifs is 1. The highest BCUT2D eigenvalue weighted by molar-refractivity contribution is 6.31. The molecular weight excluding hydrogens is 309 g/mol. The smallest absolute Gasteiger partial charge is 0.160 e. The van der Waals surface area contributed by atoms with E-state index in [1.54, 1.807) is 36.4 Å². The largest absolute Gasteiger partial charge is 0.454 e. The zero-order chi connectivity index (χ0) is 15.0. The summed E-state index contributed by atoms with van der Waals surface area (Å²) in [4.78, 5) is 0. The minimum absolute atomic E-state index is 0.358. The van der Waals surface area contributed by atoms with Crippen molar-refractivity contribution in [3.63, 3.8) is 0 Å². The van der Waals surface area contributed by atoms with Gasteiger partial charge in [0.05, 0.1) is 0 Å². The maximum absolute atomic E-state index is 9.38. The van der Waals surface area contributed by atoms with Gasteiger partial charge in [0.15, 0.2) is 11.5 Å². The molecule has 0 saturated heterocycles. The molecule has 0 saturated carbocycles. The first-order valence-corrected chi connectivity index (χ1v) is 7.03. The van der Waals surface area contributed by atoms with Gasteiger partial charge >= 0.3 is 0 Å². The predicted octanol–water partition coefficient (Wildman–Crippen LogP) is 5.27. The summed E-state index contributed by atoms with van der Waals surface area (Å²) >= 11 is 11.9. The minimum atomic E-state index is 0.358. The van der Waals surface area contributed by atoms with Gasteiger partial charge in [-0.15, -0.1) is 0 Å². The molecule has 1 N–H and O–H groups in total. The molecule has 0 aliphatic rings. The fourth-order valence-corrected chi connectivity index (χ4v) is 2.56. The molecule has 3 rings (SSSR count). The second kappa shape index (κ2) is 5.43. The molecule has 3 nitrogen and oxygen atoms in total. The van der Waals surface area contributed by atoms with Gasteiger partial charge in [-0.05, 0) is 37.3 Å². The molecule has 0 atom stereocenters. The number of furan rings is 1. The van der Waals surface area contributed by atoms with E-state index in [9.17, 15) is 5.21 Å². The second-order valence-electron chi connectivity index (χ2n) is 4.65. The number of hydrogen-bond donors (Lipinski definition) is 1. The highest BCUT2D eigenvalue weighted by Crippen LogP contribution is 2.29. The zero-order valence-corrected chi connectivity index (χ0v) is 12.6. The number of nitrogens with zero attached hydrogens (tertiary/aromatic N) is 1. The van der Waals surface area contributed by atoms with Crippen molar-refractivity contribution < 1.29 is 9.62 Å². The van der Waals surface area contributed by atoms with Crippen molar-refractivity contribution in [2.24, 2.45) is 5.16 Å². The number of halogens is 2. The number of hydrogen-bond acceptors (Lipinski definition) is 3. The van der Waals surface area contributed by atoms with Crippen molar-refractivity contribution >= 4 is 39.9 Å². The van der Waals surface area contributed by atoms with E-state index in [-0.39, 0.29) is 0 Å². The van der Waals surface area contributed by atoms with Crippen LogP contribution >= 0.6 is 23.2 Å². The molecule has 0 aliphatic heterocycles. The predicted molar refractivity (Wildman–Crippen MR) is 84.8 cm³/mol. The molecule has 106 valence electrons. The first-order valence-electron chi connectivity index (χ1n) is 6.27. The summed E-state index contributed by atoms with van der Waals surface area (Å²) < 4.78 is 5.81. The van der Waals surface area contributed by atoms with Crippen molar-refractivity contribution in [1.29, 1.82) is 0 Å².